The third-order valence-electron chi connectivity index (χ3n) is 2.31. The molecule has 1 amide bonds. The Morgan fingerprint density at radius 2 is 2.32 bits per heavy atom. The standard InChI is InChI=1S/C13H12N4OS/c1-3-5-11-16-17-13(19-11)15-12(18)10-7-6-9(4-2)8-14-10/h2,6-8H,3,5H2,1H3,(H,15,17,18). The van der Waals surface area contributed by atoms with Crippen LogP contribution in [-0.2, 0) is 6.42 Å². The van der Waals surface area contributed by atoms with Crippen molar-refractivity contribution in [2.45, 2.75) is 19.8 Å². The highest BCUT2D eigenvalue weighted by molar-refractivity contribution is 7.15. The van der Waals surface area contributed by atoms with Crippen LogP contribution in [0.2, 0.25) is 0 Å². The first-order chi connectivity index (χ1) is 9.22. The van der Waals surface area contributed by atoms with Crippen LogP contribution in [0.4, 0.5) is 5.13 Å². The van der Waals surface area contributed by atoms with Crippen molar-refractivity contribution < 1.29 is 4.79 Å². The van der Waals surface area contributed by atoms with E-state index in [0.717, 1.165) is 17.8 Å². The number of carbonyl (C=O) groups excluding carboxylic acids is 1. The average molecular weight is 272 g/mol. The van der Waals surface area contributed by atoms with E-state index in [1.807, 2.05) is 0 Å². The summed E-state index contributed by atoms with van der Waals surface area (Å²) < 4.78 is 0. The monoisotopic (exact) mass is 272 g/mol. The molecule has 0 aliphatic carbocycles. The normalized spacial score (nSPS) is 9.89. The number of aromatic nitrogens is 3. The summed E-state index contributed by atoms with van der Waals surface area (Å²) in [6.07, 6.45) is 8.57. The zero-order chi connectivity index (χ0) is 13.7. The molecule has 2 heterocycles. The molecule has 0 radical (unpaired) electrons. The predicted molar refractivity (Wildman–Crippen MR) is 74.0 cm³/mol. The van der Waals surface area contributed by atoms with Crippen LogP contribution in [-0.4, -0.2) is 21.1 Å². The van der Waals surface area contributed by atoms with Crippen LogP contribution in [0.1, 0.15) is 34.4 Å². The Hall–Kier alpha value is -2.26. The summed E-state index contributed by atoms with van der Waals surface area (Å²) in [6, 6.07) is 3.25. The smallest absolute Gasteiger partial charge is 0.276 e. The highest BCUT2D eigenvalue weighted by Crippen LogP contribution is 2.17. The second-order valence-electron chi connectivity index (χ2n) is 3.78. The molecule has 0 unspecified atom stereocenters. The lowest BCUT2D eigenvalue weighted by molar-refractivity contribution is 0.102. The minimum absolute atomic E-state index is 0.297. The zero-order valence-corrected chi connectivity index (χ0v) is 11.2. The van der Waals surface area contributed by atoms with Crippen LogP contribution in [0, 0.1) is 12.3 Å². The maximum absolute atomic E-state index is 11.9. The summed E-state index contributed by atoms with van der Waals surface area (Å²) in [4.78, 5) is 15.9. The minimum Gasteiger partial charge on any atom is -0.295 e. The van der Waals surface area contributed by atoms with Gasteiger partial charge in [-0.1, -0.05) is 24.2 Å². The quantitative estimate of drug-likeness (QED) is 0.866. The molecule has 5 nitrogen and oxygen atoms in total. The fraction of sp³-hybridized carbons (Fsp3) is 0.231. The lowest BCUT2D eigenvalue weighted by Crippen LogP contribution is -2.13. The Labute approximate surface area is 115 Å². The number of rotatable bonds is 4. The average Bonchev–Trinajstić information content (AvgIpc) is 2.86. The zero-order valence-electron chi connectivity index (χ0n) is 10.4. The highest BCUT2D eigenvalue weighted by atomic mass is 32.1. The Kier molecular flexibility index (Phi) is 4.21. The molecule has 0 atom stereocenters. The third-order valence-corrected chi connectivity index (χ3v) is 3.21. The van der Waals surface area contributed by atoms with Crippen molar-refractivity contribution in [2.24, 2.45) is 0 Å². The summed E-state index contributed by atoms with van der Waals surface area (Å²) in [5, 5.41) is 12.0. The minimum atomic E-state index is -0.317. The van der Waals surface area contributed by atoms with Crippen molar-refractivity contribution in [3.8, 4) is 12.3 Å². The number of aryl methyl sites for hydroxylation is 1. The fourth-order valence-corrected chi connectivity index (χ4v) is 2.23. The van der Waals surface area contributed by atoms with E-state index in [4.69, 9.17) is 6.42 Å². The largest absolute Gasteiger partial charge is 0.295 e. The van der Waals surface area contributed by atoms with Crippen LogP contribution >= 0.6 is 11.3 Å². The van der Waals surface area contributed by atoms with Gasteiger partial charge in [0.05, 0.1) is 0 Å². The Balaban J connectivity index is 2.05. The van der Waals surface area contributed by atoms with E-state index in [-0.39, 0.29) is 5.91 Å². The SMILES string of the molecule is C#Cc1ccc(C(=O)Nc2nnc(CCC)s2)nc1. The molecule has 0 bridgehead atoms. The molecule has 0 saturated heterocycles. The van der Waals surface area contributed by atoms with E-state index in [9.17, 15) is 4.79 Å². The molecular formula is C13H12N4OS. The van der Waals surface area contributed by atoms with Gasteiger partial charge in [0.2, 0.25) is 5.13 Å². The number of amides is 1. The summed E-state index contributed by atoms with van der Waals surface area (Å²) in [5.41, 5.74) is 0.934. The second-order valence-corrected chi connectivity index (χ2v) is 4.84. The maximum atomic E-state index is 11.9. The molecule has 6 heteroatoms. The van der Waals surface area contributed by atoms with Crippen molar-refractivity contribution in [1.29, 1.82) is 0 Å². The van der Waals surface area contributed by atoms with Gasteiger partial charge < -0.3 is 0 Å². The molecule has 2 rings (SSSR count). The molecule has 1 N–H and O–H groups in total. The number of nitrogens with one attached hydrogen (secondary N) is 1. The van der Waals surface area contributed by atoms with Gasteiger partial charge in [0, 0.05) is 18.2 Å². The van der Waals surface area contributed by atoms with E-state index < -0.39 is 0 Å². The first kappa shape index (κ1) is 13.2. The second kappa shape index (κ2) is 6.07. The molecule has 0 aliphatic rings. The van der Waals surface area contributed by atoms with E-state index in [0.29, 0.717) is 16.4 Å². The van der Waals surface area contributed by atoms with Crippen molar-refractivity contribution in [2.75, 3.05) is 5.32 Å². The molecule has 2 aromatic rings. The lowest BCUT2D eigenvalue weighted by atomic mass is 10.2. The van der Waals surface area contributed by atoms with Crippen molar-refractivity contribution >= 4 is 22.4 Å². The van der Waals surface area contributed by atoms with Gasteiger partial charge in [0.1, 0.15) is 10.7 Å². The van der Waals surface area contributed by atoms with Crippen LogP contribution in [0.15, 0.2) is 18.3 Å². The van der Waals surface area contributed by atoms with E-state index in [2.05, 4.69) is 33.3 Å². The number of nitrogens with zero attached hydrogens (tertiary/aromatic N) is 3. The van der Waals surface area contributed by atoms with Gasteiger partial charge in [-0.15, -0.1) is 16.6 Å². The Morgan fingerprint density at radius 3 is 2.95 bits per heavy atom. The Morgan fingerprint density at radius 1 is 1.47 bits per heavy atom. The number of anilines is 1. The maximum Gasteiger partial charge on any atom is 0.276 e. The van der Waals surface area contributed by atoms with E-state index >= 15 is 0 Å². The summed E-state index contributed by atoms with van der Waals surface area (Å²) >= 11 is 1.37. The molecule has 0 saturated carbocycles. The summed E-state index contributed by atoms with van der Waals surface area (Å²) in [6.45, 7) is 2.07. The number of carbonyl (C=O) groups is 1. The van der Waals surface area contributed by atoms with Crippen molar-refractivity contribution in [3.05, 3.63) is 34.6 Å². The topological polar surface area (TPSA) is 67.8 Å². The van der Waals surface area contributed by atoms with Crippen molar-refractivity contribution in [1.82, 2.24) is 15.2 Å². The summed E-state index contributed by atoms with van der Waals surface area (Å²) in [5.74, 6) is 2.13. The molecule has 0 fully saturated rings. The number of pyridine rings is 1. The van der Waals surface area contributed by atoms with Gasteiger partial charge >= 0.3 is 0 Å². The highest BCUT2D eigenvalue weighted by Gasteiger charge is 2.10. The third kappa shape index (κ3) is 3.36. The summed E-state index contributed by atoms with van der Waals surface area (Å²) in [7, 11) is 0. The van der Waals surface area contributed by atoms with Gasteiger partial charge in [-0.2, -0.15) is 0 Å². The first-order valence-electron chi connectivity index (χ1n) is 5.79. The van der Waals surface area contributed by atoms with Gasteiger partial charge in [0.15, 0.2) is 0 Å². The van der Waals surface area contributed by atoms with Gasteiger partial charge in [-0.25, -0.2) is 4.98 Å². The van der Waals surface area contributed by atoms with E-state index in [1.54, 1.807) is 12.1 Å². The fourth-order valence-electron chi connectivity index (χ4n) is 1.39. The van der Waals surface area contributed by atoms with Gasteiger partial charge in [0.25, 0.3) is 5.91 Å². The molecule has 0 aliphatic heterocycles. The number of terminal acetylenes is 1. The molecular weight excluding hydrogens is 260 g/mol. The van der Waals surface area contributed by atoms with Crippen molar-refractivity contribution in [3.63, 3.8) is 0 Å². The molecule has 2 aromatic heterocycles. The van der Waals surface area contributed by atoms with Crippen LogP contribution in [0.3, 0.4) is 0 Å². The van der Waals surface area contributed by atoms with Crippen LogP contribution in [0.25, 0.3) is 0 Å². The van der Waals surface area contributed by atoms with Crippen LogP contribution < -0.4 is 5.32 Å². The molecule has 0 spiro atoms. The van der Waals surface area contributed by atoms with Gasteiger partial charge in [-0.3, -0.25) is 10.1 Å². The van der Waals surface area contributed by atoms with Gasteiger partial charge in [-0.05, 0) is 18.6 Å². The molecule has 19 heavy (non-hydrogen) atoms. The predicted octanol–water partition coefficient (Wildman–Crippen LogP) is 2.12. The number of hydrogen-bond donors (Lipinski definition) is 1. The molecule has 96 valence electrons. The lowest BCUT2D eigenvalue weighted by Gasteiger charge is -1.99. The Bertz CT molecular complexity index is 612. The first-order valence-corrected chi connectivity index (χ1v) is 6.61. The molecule has 0 aromatic carbocycles. The number of hydrogen-bond acceptors (Lipinski definition) is 5. The van der Waals surface area contributed by atoms with E-state index in [1.165, 1.54) is 17.5 Å². The van der Waals surface area contributed by atoms with Crippen LogP contribution in [0.5, 0.6) is 0 Å².